The molecule has 2 aromatic carbocycles. The van der Waals surface area contributed by atoms with E-state index in [-0.39, 0.29) is 5.82 Å². The highest BCUT2D eigenvalue weighted by molar-refractivity contribution is 5.75. The van der Waals surface area contributed by atoms with Crippen molar-refractivity contribution in [2.45, 2.75) is 6.42 Å². The molecule has 2 aliphatic rings. The number of nitrogens with zero attached hydrogens (tertiary/aromatic N) is 4. The van der Waals surface area contributed by atoms with Gasteiger partial charge in [-0.2, -0.15) is 0 Å². The molecule has 2 heterocycles. The molecule has 138 valence electrons. The van der Waals surface area contributed by atoms with Crippen LogP contribution in [0, 0.1) is 5.82 Å². The van der Waals surface area contributed by atoms with Gasteiger partial charge in [0, 0.05) is 45.5 Å². The van der Waals surface area contributed by atoms with Crippen molar-refractivity contribution in [2.24, 2.45) is 0 Å². The lowest BCUT2D eigenvalue weighted by Gasteiger charge is -2.36. The van der Waals surface area contributed by atoms with Crippen LogP contribution in [0.5, 0.6) is 0 Å². The van der Waals surface area contributed by atoms with Crippen LogP contribution in [0.4, 0.5) is 21.5 Å². The maximum absolute atomic E-state index is 13.1. The van der Waals surface area contributed by atoms with E-state index in [1.807, 2.05) is 12.1 Å². The van der Waals surface area contributed by atoms with Crippen molar-refractivity contribution >= 4 is 17.1 Å². The minimum absolute atomic E-state index is 0.165. The monoisotopic (exact) mass is 354 g/mol. The second-order valence-corrected chi connectivity index (χ2v) is 7.25. The fourth-order valence-electron chi connectivity index (χ4n) is 4.02. The van der Waals surface area contributed by atoms with Gasteiger partial charge in [0.05, 0.1) is 18.0 Å². The first-order valence-corrected chi connectivity index (χ1v) is 9.49. The zero-order valence-electron chi connectivity index (χ0n) is 15.4. The number of fused-ring (bicyclic) bond motifs is 1. The van der Waals surface area contributed by atoms with E-state index in [0.29, 0.717) is 0 Å². The standard InChI is InChI=1S/C21H27FN4/c1-23-17-26(21-6-3-2-5-20(21)23)12-4-11-24-13-15-25(16-14-24)19-9-7-18(22)8-10-19/h2-3,5-10H,4,11-17H2,1H3. The first-order chi connectivity index (χ1) is 12.7. The predicted octanol–water partition coefficient (Wildman–Crippen LogP) is 3.25. The van der Waals surface area contributed by atoms with E-state index in [2.05, 4.69) is 50.9 Å². The summed E-state index contributed by atoms with van der Waals surface area (Å²) in [5, 5.41) is 0. The molecule has 1 fully saturated rings. The van der Waals surface area contributed by atoms with Crippen LogP contribution >= 0.6 is 0 Å². The molecule has 2 aromatic rings. The lowest BCUT2D eigenvalue weighted by atomic mass is 10.2. The van der Waals surface area contributed by atoms with Crippen LogP contribution in [-0.4, -0.2) is 57.9 Å². The zero-order valence-corrected chi connectivity index (χ0v) is 15.4. The third kappa shape index (κ3) is 3.63. The molecule has 0 radical (unpaired) electrons. The molecule has 0 bridgehead atoms. The van der Waals surface area contributed by atoms with Crippen LogP contribution in [0.3, 0.4) is 0 Å². The third-order valence-corrected chi connectivity index (χ3v) is 5.48. The summed E-state index contributed by atoms with van der Waals surface area (Å²) in [7, 11) is 2.16. The van der Waals surface area contributed by atoms with E-state index < -0.39 is 0 Å². The maximum Gasteiger partial charge on any atom is 0.123 e. The number of hydrogen-bond acceptors (Lipinski definition) is 4. The minimum Gasteiger partial charge on any atom is -0.369 e. The molecular weight excluding hydrogens is 327 g/mol. The lowest BCUT2D eigenvalue weighted by Crippen LogP contribution is -2.47. The molecule has 0 unspecified atom stereocenters. The number of halogens is 1. The summed E-state index contributed by atoms with van der Waals surface area (Å²) in [5.74, 6) is -0.165. The summed E-state index contributed by atoms with van der Waals surface area (Å²) in [5.41, 5.74) is 3.82. The Morgan fingerprint density at radius 3 is 2.27 bits per heavy atom. The van der Waals surface area contributed by atoms with E-state index >= 15 is 0 Å². The number of hydrogen-bond donors (Lipinski definition) is 0. The molecule has 4 rings (SSSR count). The molecule has 26 heavy (non-hydrogen) atoms. The van der Waals surface area contributed by atoms with E-state index in [0.717, 1.165) is 51.6 Å². The Bertz CT molecular complexity index is 725. The van der Waals surface area contributed by atoms with Gasteiger partial charge in [0.1, 0.15) is 5.82 Å². The predicted molar refractivity (Wildman–Crippen MR) is 107 cm³/mol. The minimum atomic E-state index is -0.165. The average molecular weight is 354 g/mol. The van der Waals surface area contributed by atoms with Gasteiger partial charge in [0.15, 0.2) is 0 Å². The zero-order chi connectivity index (χ0) is 17.9. The normalized spacial score (nSPS) is 17.7. The van der Waals surface area contributed by atoms with Gasteiger partial charge in [-0.15, -0.1) is 0 Å². The SMILES string of the molecule is CN1CN(CCCN2CCN(c3ccc(F)cc3)CC2)c2ccccc21. The van der Waals surface area contributed by atoms with Crippen molar-refractivity contribution in [2.75, 3.05) is 67.7 Å². The molecule has 4 nitrogen and oxygen atoms in total. The fourth-order valence-corrected chi connectivity index (χ4v) is 4.02. The molecular formula is C21H27FN4. The molecule has 0 aliphatic carbocycles. The summed E-state index contributed by atoms with van der Waals surface area (Å²) in [6.45, 7) is 7.40. The Morgan fingerprint density at radius 1 is 0.846 bits per heavy atom. The number of piperazine rings is 1. The lowest BCUT2D eigenvalue weighted by molar-refractivity contribution is 0.256. The van der Waals surface area contributed by atoms with Crippen LogP contribution in [0.2, 0.25) is 0 Å². The highest BCUT2D eigenvalue weighted by atomic mass is 19.1. The van der Waals surface area contributed by atoms with Gasteiger partial charge in [-0.25, -0.2) is 4.39 Å². The van der Waals surface area contributed by atoms with Gasteiger partial charge in [-0.05, 0) is 49.4 Å². The topological polar surface area (TPSA) is 13.0 Å². The Kier molecular flexibility index (Phi) is 4.98. The summed E-state index contributed by atoms with van der Waals surface area (Å²) in [4.78, 5) is 9.69. The van der Waals surface area contributed by atoms with Crippen LogP contribution < -0.4 is 14.7 Å². The van der Waals surface area contributed by atoms with E-state index in [9.17, 15) is 4.39 Å². The fraction of sp³-hybridized carbons (Fsp3) is 0.429. The molecule has 0 saturated carbocycles. The van der Waals surface area contributed by atoms with Crippen molar-refractivity contribution in [3.05, 3.63) is 54.3 Å². The van der Waals surface area contributed by atoms with Gasteiger partial charge in [-0.1, -0.05) is 12.1 Å². The molecule has 1 saturated heterocycles. The average Bonchev–Trinajstić information content (AvgIpc) is 2.99. The quantitative estimate of drug-likeness (QED) is 0.817. The molecule has 5 heteroatoms. The van der Waals surface area contributed by atoms with Crippen molar-refractivity contribution < 1.29 is 4.39 Å². The van der Waals surface area contributed by atoms with Crippen molar-refractivity contribution in [1.82, 2.24) is 4.90 Å². The summed E-state index contributed by atoms with van der Waals surface area (Å²) in [6, 6.07) is 15.5. The molecule has 0 aromatic heterocycles. The highest BCUT2D eigenvalue weighted by Gasteiger charge is 2.22. The molecule has 0 spiro atoms. The molecule has 2 aliphatic heterocycles. The van der Waals surface area contributed by atoms with Crippen molar-refractivity contribution in [3.8, 4) is 0 Å². The smallest absolute Gasteiger partial charge is 0.123 e. The number of para-hydroxylation sites is 2. The second kappa shape index (κ2) is 7.54. The Hall–Kier alpha value is -2.27. The van der Waals surface area contributed by atoms with E-state index in [1.165, 1.54) is 17.8 Å². The van der Waals surface area contributed by atoms with Gasteiger partial charge < -0.3 is 14.7 Å². The summed E-state index contributed by atoms with van der Waals surface area (Å²) >= 11 is 0. The van der Waals surface area contributed by atoms with Crippen LogP contribution in [0.25, 0.3) is 0 Å². The molecule has 0 N–H and O–H groups in total. The summed E-state index contributed by atoms with van der Waals surface area (Å²) < 4.78 is 13.1. The molecule has 0 amide bonds. The number of rotatable bonds is 5. The molecule has 0 atom stereocenters. The third-order valence-electron chi connectivity index (χ3n) is 5.48. The van der Waals surface area contributed by atoms with E-state index in [4.69, 9.17) is 0 Å². The van der Waals surface area contributed by atoms with Crippen molar-refractivity contribution in [3.63, 3.8) is 0 Å². The van der Waals surface area contributed by atoms with Gasteiger partial charge in [0.25, 0.3) is 0 Å². The van der Waals surface area contributed by atoms with Gasteiger partial charge in [0.2, 0.25) is 0 Å². The summed E-state index contributed by atoms with van der Waals surface area (Å²) in [6.07, 6.45) is 1.18. The van der Waals surface area contributed by atoms with Crippen LogP contribution in [0.15, 0.2) is 48.5 Å². The van der Waals surface area contributed by atoms with E-state index in [1.54, 1.807) is 12.1 Å². The first-order valence-electron chi connectivity index (χ1n) is 9.49. The maximum atomic E-state index is 13.1. The van der Waals surface area contributed by atoms with Gasteiger partial charge in [-0.3, -0.25) is 4.90 Å². The van der Waals surface area contributed by atoms with Crippen molar-refractivity contribution in [1.29, 1.82) is 0 Å². The Morgan fingerprint density at radius 2 is 1.54 bits per heavy atom. The second-order valence-electron chi connectivity index (χ2n) is 7.25. The highest BCUT2D eigenvalue weighted by Crippen LogP contribution is 2.34. The number of benzene rings is 2. The van der Waals surface area contributed by atoms with Crippen LogP contribution in [0.1, 0.15) is 6.42 Å². The Labute approximate surface area is 155 Å². The Balaban J connectivity index is 1.23. The first kappa shape index (κ1) is 17.2. The van der Waals surface area contributed by atoms with Crippen LogP contribution in [-0.2, 0) is 0 Å². The van der Waals surface area contributed by atoms with Gasteiger partial charge >= 0.3 is 0 Å². The number of anilines is 3. The largest absolute Gasteiger partial charge is 0.369 e.